The van der Waals surface area contributed by atoms with Gasteiger partial charge in [-0.05, 0) is 18.2 Å². The van der Waals surface area contributed by atoms with Crippen LogP contribution in [0.3, 0.4) is 0 Å². The molecular weight excluding hydrogens is 276 g/mol. The van der Waals surface area contributed by atoms with Gasteiger partial charge in [0, 0.05) is 12.7 Å². The van der Waals surface area contributed by atoms with Crippen LogP contribution in [0.2, 0.25) is 0 Å². The molecule has 2 rings (SSSR count). The summed E-state index contributed by atoms with van der Waals surface area (Å²) in [4.78, 5) is 39.6. The molecule has 0 aliphatic carbocycles. The summed E-state index contributed by atoms with van der Waals surface area (Å²) in [6, 6.07) is 5.61. The highest BCUT2D eigenvalue weighted by atomic mass is 16.5. The Hall–Kier alpha value is -2.90. The van der Waals surface area contributed by atoms with Gasteiger partial charge in [-0.1, -0.05) is 6.07 Å². The first-order chi connectivity index (χ1) is 9.99. The lowest BCUT2D eigenvalue weighted by Gasteiger charge is -2.08. The minimum Gasteiger partial charge on any atom is -0.465 e. The van der Waals surface area contributed by atoms with Gasteiger partial charge in [0.2, 0.25) is 11.9 Å². The maximum Gasteiger partial charge on any atom is 0.348 e. The third kappa shape index (κ3) is 3.56. The van der Waals surface area contributed by atoms with Crippen LogP contribution in [0, 0.1) is 0 Å². The average molecular weight is 290 g/mol. The van der Waals surface area contributed by atoms with Crippen LogP contribution in [0.1, 0.15) is 10.4 Å². The Morgan fingerprint density at radius 3 is 2.81 bits per heavy atom. The number of methoxy groups -OCH3 is 1. The second kappa shape index (κ2) is 6.04. The van der Waals surface area contributed by atoms with E-state index in [1.54, 1.807) is 25.2 Å². The normalized spacial score (nSPS) is 15.8. The highest BCUT2D eigenvalue weighted by Gasteiger charge is 2.22. The Balaban J connectivity index is 2.08. The molecule has 1 aromatic carbocycles. The summed E-state index contributed by atoms with van der Waals surface area (Å²) in [5.74, 6) is -0.543. The number of rotatable bonds is 2. The van der Waals surface area contributed by atoms with Gasteiger partial charge in [-0.15, -0.1) is 0 Å². The minimum absolute atomic E-state index is 0.157. The molecule has 0 spiro atoms. The van der Waals surface area contributed by atoms with Crippen molar-refractivity contribution < 1.29 is 19.1 Å². The zero-order chi connectivity index (χ0) is 15.4. The fourth-order valence-corrected chi connectivity index (χ4v) is 1.75. The van der Waals surface area contributed by atoms with E-state index in [1.165, 1.54) is 18.1 Å². The molecule has 1 aliphatic rings. The number of nitrogens with one attached hydrogen (secondary N) is 2. The molecule has 0 aromatic heterocycles. The average Bonchev–Trinajstić information content (AvgIpc) is 2.76. The molecule has 0 unspecified atom stereocenters. The summed E-state index contributed by atoms with van der Waals surface area (Å²) in [7, 11) is 2.92. The van der Waals surface area contributed by atoms with Crippen LogP contribution in [0.15, 0.2) is 29.3 Å². The van der Waals surface area contributed by atoms with Crippen molar-refractivity contribution in [3.8, 4) is 0 Å². The van der Waals surface area contributed by atoms with Crippen LogP contribution in [-0.4, -0.2) is 49.5 Å². The Morgan fingerprint density at radius 1 is 1.43 bits per heavy atom. The fraction of sp³-hybridized carbons (Fsp3) is 0.231. The molecule has 0 bridgehead atoms. The van der Waals surface area contributed by atoms with Gasteiger partial charge in [0.15, 0.2) is 0 Å². The first kappa shape index (κ1) is 14.5. The standard InChI is InChI=1S/C13H14N4O4/c1-17-7-10(18)15-12(17)16-13(20)14-9-5-3-4-8(6-9)11(19)21-2/h3-6H,7H2,1-2H3,(H2,14,15,16,18,20). The number of urea groups is 1. The quantitative estimate of drug-likeness (QED) is 0.769. The summed E-state index contributed by atoms with van der Waals surface area (Å²) in [5, 5.41) is 4.97. The van der Waals surface area contributed by atoms with E-state index in [2.05, 4.69) is 20.4 Å². The maximum absolute atomic E-state index is 11.8. The van der Waals surface area contributed by atoms with Crippen molar-refractivity contribution in [2.24, 2.45) is 4.99 Å². The topological polar surface area (TPSA) is 100 Å². The molecule has 8 heteroatoms. The number of hydrogen-bond donors (Lipinski definition) is 2. The molecule has 3 amide bonds. The SMILES string of the molecule is COC(=O)c1cccc(NC(=O)N=C2NC(=O)CN2C)c1. The van der Waals surface area contributed by atoms with E-state index >= 15 is 0 Å². The smallest absolute Gasteiger partial charge is 0.348 e. The van der Waals surface area contributed by atoms with Crippen LogP contribution in [0.5, 0.6) is 0 Å². The van der Waals surface area contributed by atoms with Gasteiger partial charge in [-0.2, -0.15) is 4.99 Å². The van der Waals surface area contributed by atoms with E-state index in [0.29, 0.717) is 11.3 Å². The Labute approximate surface area is 120 Å². The van der Waals surface area contributed by atoms with Gasteiger partial charge in [-0.25, -0.2) is 9.59 Å². The molecular formula is C13H14N4O4. The highest BCUT2D eigenvalue weighted by Crippen LogP contribution is 2.12. The second-order valence-corrected chi connectivity index (χ2v) is 4.34. The monoisotopic (exact) mass is 290 g/mol. The minimum atomic E-state index is -0.652. The number of nitrogens with zero attached hydrogens (tertiary/aromatic N) is 2. The van der Waals surface area contributed by atoms with E-state index in [9.17, 15) is 14.4 Å². The van der Waals surface area contributed by atoms with Crippen LogP contribution in [0.25, 0.3) is 0 Å². The molecule has 110 valence electrons. The third-order valence-corrected chi connectivity index (χ3v) is 2.74. The summed E-state index contributed by atoms with van der Waals surface area (Å²) in [5.41, 5.74) is 0.716. The van der Waals surface area contributed by atoms with E-state index < -0.39 is 12.0 Å². The lowest BCUT2D eigenvalue weighted by atomic mass is 10.2. The first-order valence-corrected chi connectivity index (χ1v) is 6.08. The van der Waals surface area contributed by atoms with Gasteiger partial charge < -0.3 is 15.0 Å². The summed E-state index contributed by atoms with van der Waals surface area (Å²) in [6.07, 6.45) is 0. The molecule has 1 saturated heterocycles. The zero-order valence-corrected chi connectivity index (χ0v) is 11.5. The second-order valence-electron chi connectivity index (χ2n) is 4.34. The van der Waals surface area contributed by atoms with Gasteiger partial charge in [0.25, 0.3) is 0 Å². The predicted molar refractivity (Wildman–Crippen MR) is 75.0 cm³/mol. The summed E-state index contributed by atoms with van der Waals surface area (Å²) in [6.45, 7) is 0.157. The first-order valence-electron chi connectivity index (χ1n) is 6.08. The van der Waals surface area contributed by atoms with Crippen molar-refractivity contribution in [3.63, 3.8) is 0 Å². The Kier molecular flexibility index (Phi) is 4.17. The van der Waals surface area contributed by atoms with Crippen molar-refractivity contribution in [2.75, 3.05) is 26.0 Å². The van der Waals surface area contributed by atoms with Gasteiger partial charge in [0.1, 0.15) is 0 Å². The van der Waals surface area contributed by atoms with Gasteiger partial charge >= 0.3 is 12.0 Å². The molecule has 0 atom stereocenters. The number of guanidine groups is 1. The van der Waals surface area contributed by atoms with Crippen LogP contribution >= 0.6 is 0 Å². The number of carbonyl (C=O) groups excluding carboxylic acids is 3. The largest absolute Gasteiger partial charge is 0.465 e. The molecule has 0 saturated carbocycles. The van der Waals surface area contributed by atoms with Crippen LogP contribution in [-0.2, 0) is 9.53 Å². The molecule has 1 aliphatic heterocycles. The maximum atomic E-state index is 11.8. The number of carbonyl (C=O) groups is 3. The fourth-order valence-electron chi connectivity index (χ4n) is 1.75. The number of amides is 3. The predicted octanol–water partition coefficient (Wildman–Crippen LogP) is 0.423. The summed E-state index contributed by atoms with van der Waals surface area (Å²) >= 11 is 0. The van der Waals surface area contributed by atoms with Crippen LogP contribution in [0.4, 0.5) is 10.5 Å². The van der Waals surface area contributed by atoms with Crippen molar-refractivity contribution >= 4 is 29.6 Å². The van der Waals surface area contributed by atoms with Gasteiger partial charge in [-0.3, -0.25) is 10.1 Å². The van der Waals surface area contributed by atoms with Crippen molar-refractivity contribution in [2.45, 2.75) is 0 Å². The molecule has 1 heterocycles. The number of hydrogen-bond acceptors (Lipinski definition) is 4. The van der Waals surface area contributed by atoms with Crippen molar-refractivity contribution in [3.05, 3.63) is 29.8 Å². The van der Waals surface area contributed by atoms with Gasteiger partial charge in [0.05, 0.1) is 19.2 Å². The summed E-state index contributed by atoms with van der Waals surface area (Å²) < 4.78 is 4.60. The lowest BCUT2D eigenvalue weighted by Crippen LogP contribution is -2.29. The molecule has 21 heavy (non-hydrogen) atoms. The van der Waals surface area contributed by atoms with Crippen molar-refractivity contribution in [1.29, 1.82) is 0 Å². The lowest BCUT2D eigenvalue weighted by molar-refractivity contribution is -0.118. The highest BCUT2D eigenvalue weighted by molar-refractivity contribution is 6.09. The third-order valence-electron chi connectivity index (χ3n) is 2.74. The van der Waals surface area contributed by atoms with E-state index in [1.807, 2.05) is 0 Å². The number of anilines is 1. The van der Waals surface area contributed by atoms with Crippen LogP contribution < -0.4 is 10.6 Å². The van der Waals surface area contributed by atoms with Crippen molar-refractivity contribution in [1.82, 2.24) is 10.2 Å². The molecule has 0 radical (unpaired) electrons. The Morgan fingerprint density at radius 2 is 2.19 bits per heavy atom. The number of aliphatic imine (C=N–C) groups is 1. The molecule has 1 fully saturated rings. The van der Waals surface area contributed by atoms with E-state index in [0.717, 1.165) is 0 Å². The molecule has 1 aromatic rings. The number of esters is 1. The number of ether oxygens (including phenoxy) is 1. The van der Waals surface area contributed by atoms with E-state index in [4.69, 9.17) is 0 Å². The zero-order valence-electron chi connectivity index (χ0n) is 11.5. The number of benzene rings is 1. The number of likely N-dealkylation sites (N-methyl/N-ethyl adjacent to an activating group) is 1. The van der Waals surface area contributed by atoms with E-state index in [-0.39, 0.29) is 18.4 Å². The molecule has 2 N–H and O–H groups in total. The Bertz CT molecular complexity index is 626. The molecule has 8 nitrogen and oxygen atoms in total.